The molecule has 2 heterocycles. The van der Waals surface area contributed by atoms with E-state index in [-0.39, 0.29) is 6.23 Å². The molecule has 0 saturated heterocycles. The molecular formula is C9H12N2O2. The summed E-state index contributed by atoms with van der Waals surface area (Å²) in [5.41, 5.74) is 2.70. The molecule has 1 unspecified atom stereocenters. The smallest absolute Gasteiger partial charge is 0.166 e. The van der Waals surface area contributed by atoms with Crippen molar-refractivity contribution in [2.24, 2.45) is 0 Å². The van der Waals surface area contributed by atoms with E-state index in [1.165, 1.54) is 0 Å². The van der Waals surface area contributed by atoms with Crippen LogP contribution in [-0.2, 0) is 11.2 Å². The van der Waals surface area contributed by atoms with E-state index in [9.17, 15) is 4.79 Å². The number of fused-ring (bicyclic) bond motifs is 1. The zero-order valence-corrected chi connectivity index (χ0v) is 7.46. The maximum atomic E-state index is 10.5. The zero-order chi connectivity index (χ0) is 9.26. The summed E-state index contributed by atoms with van der Waals surface area (Å²) in [5, 5.41) is 3.19. The zero-order valence-electron chi connectivity index (χ0n) is 7.46. The van der Waals surface area contributed by atoms with E-state index in [1.807, 2.05) is 6.07 Å². The summed E-state index contributed by atoms with van der Waals surface area (Å²) in [7, 11) is 1.68. The number of aromatic amines is 1. The van der Waals surface area contributed by atoms with Crippen LogP contribution in [-0.4, -0.2) is 24.6 Å². The Balaban J connectivity index is 2.24. The third kappa shape index (κ3) is 1.45. The number of aldehydes is 1. The van der Waals surface area contributed by atoms with E-state index in [0.717, 1.165) is 30.5 Å². The van der Waals surface area contributed by atoms with E-state index in [1.54, 1.807) is 7.11 Å². The highest BCUT2D eigenvalue weighted by molar-refractivity contribution is 5.76. The number of hydrogen-bond donors (Lipinski definition) is 2. The summed E-state index contributed by atoms with van der Waals surface area (Å²) >= 11 is 0. The first kappa shape index (κ1) is 8.31. The van der Waals surface area contributed by atoms with Crippen LogP contribution in [0.1, 0.15) is 22.6 Å². The second-order valence-electron chi connectivity index (χ2n) is 3.14. The van der Waals surface area contributed by atoms with Gasteiger partial charge in [-0.05, 0) is 18.9 Å². The van der Waals surface area contributed by atoms with Gasteiger partial charge >= 0.3 is 0 Å². The minimum absolute atomic E-state index is 0.0720. The summed E-state index contributed by atoms with van der Waals surface area (Å²) in [6, 6.07) is 1.81. The van der Waals surface area contributed by atoms with Gasteiger partial charge in [0.2, 0.25) is 0 Å². The van der Waals surface area contributed by atoms with Crippen LogP contribution in [0.25, 0.3) is 0 Å². The Kier molecular flexibility index (Phi) is 2.06. The second kappa shape index (κ2) is 3.22. The van der Waals surface area contributed by atoms with Crippen LogP contribution in [0.4, 0.5) is 5.69 Å². The Labute approximate surface area is 76.3 Å². The Bertz CT molecular complexity index is 319. The molecule has 0 radical (unpaired) electrons. The molecule has 0 aliphatic carbocycles. The van der Waals surface area contributed by atoms with Crippen molar-refractivity contribution in [2.75, 3.05) is 12.4 Å². The van der Waals surface area contributed by atoms with Gasteiger partial charge in [0.1, 0.15) is 6.23 Å². The molecule has 0 saturated carbocycles. The minimum Gasteiger partial charge on any atom is -0.362 e. The van der Waals surface area contributed by atoms with Crippen molar-refractivity contribution in [1.29, 1.82) is 0 Å². The molecule has 13 heavy (non-hydrogen) atoms. The first-order valence-electron chi connectivity index (χ1n) is 4.30. The molecule has 0 spiro atoms. The quantitative estimate of drug-likeness (QED) is 0.671. The molecule has 4 heteroatoms. The first-order chi connectivity index (χ1) is 6.33. The maximum Gasteiger partial charge on any atom is 0.166 e. The van der Waals surface area contributed by atoms with Gasteiger partial charge in [-0.25, -0.2) is 0 Å². The predicted molar refractivity (Wildman–Crippen MR) is 48.9 cm³/mol. The van der Waals surface area contributed by atoms with Crippen molar-refractivity contribution in [1.82, 2.24) is 4.98 Å². The number of methoxy groups -OCH3 is 1. The second-order valence-corrected chi connectivity index (χ2v) is 3.14. The van der Waals surface area contributed by atoms with Crippen molar-refractivity contribution < 1.29 is 9.53 Å². The number of carbonyl (C=O) groups excluding carboxylic acids is 1. The molecule has 1 aliphatic heterocycles. The minimum atomic E-state index is 0.0720. The molecule has 2 rings (SSSR count). The number of H-pyrrole nitrogens is 1. The monoisotopic (exact) mass is 180 g/mol. The Hall–Kier alpha value is -1.29. The number of aromatic nitrogens is 1. The lowest BCUT2D eigenvalue weighted by Gasteiger charge is -2.22. The average molecular weight is 180 g/mol. The molecule has 0 amide bonds. The van der Waals surface area contributed by atoms with Crippen molar-refractivity contribution in [3.05, 3.63) is 17.5 Å². The van der Waals surface area contributed by atoms with Gasteiger partial charge in [-0.15, -0.1) is 0 Å². The summed E-state index contributed by atoms with van der Waals surface area (Å²) < 4.78 is 5.18. The van der Waals surface area contributed by atoms with Crippen molar-refractivity contribution in [2.45, 2.75) is 19.1 Å². The molecule has 2 N–H and O–H groups in total. The van der Waals surface area contributed by atoms with Crippen molar-refractivity contribution >= 4 is 12.0 Å². The fourth-order valence-corrected chi connectivity index (χ4v) is 1.61. The van der Waals surface area contributed by atoms with E-state index in [4.69, 9.17) is 4.74 Å². The summed E-state index contributed by atoms with van der Waals surface area (Å²) in [4.78, 5) is 13.5. The molecular weight excluding hydrogens is 168 g/mol. The summed E-state index contributed by atoms with van der Waals surface area (Å²) in [5.74, 6) is 0. The molecule has 0 aromatic carbocycles. The SMILES string of the molecule is COC1CCc2[nH]c(C=O)cc2N1. The summed E-state index contributed by atoms with van der Waals surface area (Å²) in [6.07, 6.45) is 2.75. The van der Waals surface area contributed by atoms with Gasteiger partial charge in [-0.1, -0.05) is 0 Å². The lowest BCUT2D eigenvalue weighted by atomic mass is 10.1. The Morgan fingerprint density at radius 3 is 3.23 bits per heavy atom. The molecule has 1 aliphatic rings. The number of anilines is 1. The van der Waals surface area contributed by atoms with E-state index >= 15 is 0 Å². The third-order valence-electron chi connectivity index (χ3n) is 2.30. The van der Waals surface area contributed by atoms with Gasteiger partial charge in [0.25, 0.3) is 0 Å². The normalized spacial score (nSPS) is 20.5. The van der Waals surface area contributed by atoms with Gasteiger partial charge < -0.3 is 15.0 Å². The Morgan fingerprint density at radius 2 is 2.54 bits per heavy atom. The molecule has 1 atom stereocenters. The van der Waals surface area contributed by atoms with Crippen LogP contribution in [0, 0.1) is 0 Å². The molecule has 70 valence electrons. The molecule has 1 aromatic heterocycles. The van der Waals surface area contributed by atoms with E-state index in [2.05, 4.69) is 10.3 Å². The van der Waals surface area contributed by atoms with E-state index in [0.29, 0.717) is 5.69 Å². The van der Waals surface area contributed by atoms with Gasteiger partial charge in [-0.3, -0.25) is 4.79 Å². The Morgan fingerprint density at radius 1 is 1.69 bits per heavy atom. The fourth-order valence-electron chi connectivity index (χ4n) is 1.61. The van der Waals surface area contributed by atoms with Crippen molar-refractivity contribution in [3.8, 4) is 0 Å². The lowest BCUT2D eigenvalue weighted by molar-refractivity contribution is 0.111. The van der Waals surface area contributed by atoms with Gasteiger partial charge in [-0.2, -0.15) is 0 Å². The topological polar surface area (TPSA) is 54.1 Å². The largest absolute Gasteiger partial charge is 0.362 e. The van der Waals surface area contributed by atoms with Crippen LogP contribution in [0.5, 0.6) is 0 Å². The van der Waals surface area contributed by atoms with Gasteiger partial charge in [0.05, 0.1) is 11.4 Å². The molecule has 4 nitrogen and oxygen atoms in total. The highest BCUT2D eigenvalue weighted by Gasteiger charge is 2.18. The van der Waals surface area contributed by atoms with Crippen LogP contribution < -0.4 is 5.32 Å². The van der Waals surface area contributed by atoms with Gasteiger partial charge in [0, 0.05) is 12.8 Å². The number of hydrogen-bond acceptors (Lipinski definition) is 3. The van der Waals surface area contributed by atoms with Crippen LogP contribution in [0.2, 0.25) is 0 Å². The number of ether oxygens (including phenoxy) is 1. The summed E-state index contributed by atoms with van der Waals surface area (Å²) in [6.45, 7) is 0. The maximum absolute atomic E-state index is 10.5. The van der Waals surface area contributed by atoms with E-state index < -0.39 is 0 Å². The fraction of sp³-hybridized carbons (Fsp3) is 0.444. The standard InChI is InChI=1S/C9H12N2O2/c1-13-9-3-2-7-8(11-9)4-6(5-12)10-7/h4-5,9-11H,2-3H2,1H3. The highest BCUT2D eigenvalue weighted by atomic mass is 16.5. The first-order valence-corrected chi connectivity index (χ1v) is 4.30. The van der Waals surface area contributed by atoms with Crippen LogP contribution in [0.15, 0.2) is 6.07 Å². The molecule has 0 bridgehead atoms. The molecule has 1 aromatic rings. The number of carbonyl (C=O) groups is 1. The van der Waals surface area contributed by atoms with Crippen LogP contribution >= 0.6 is 0 Å². The van der Waals surface area contributed by atoms with Crippen molar-refractivity contribution in [3.63, 3.8) is 0 Å². The average Bonchev–Trinajstić information content (AvgIpc) is 2.58. The predicted octanol–water partition coefficient (Wildman–Crippen LogP) is 1.16. The molecule has 0 fully saturated rings. The number of nitrogens with one attached hydrogen (secondary N) is 2. The number of rotatable bonds is 2. The lowest BCUT2D eigenvalue weighted by Crippen LogP contribution is -2.26. The van der Waals surface area contributed by atoms with Gasteiger partial charge in [0.15, 0.2) is 6.29 Å². The highest BCUT2D eigenvalue weighted by Crippen LogP contribution is 2.24. The van der Waals surface area contributed by atoms with Crippen LogP contribution in [0.3, 0.4) is 0 Å². The third-order valence-corrected chi connectivity index (χ3v) is 2.30. The number of aryl methyl sites for hydroxylation is 1.